The van der Waals surface area contributed by atoms with Crippen LogP contribution in [-0.2, 0) is 6.42 Å². The van der Waals surface area contributed by atoms with Crippen LogP contribution < -0.4 is 0 Å². The van der Waals surface area contributed by atoms with Crippen LogP contribution in [0.5, 0.6) is 5.75 Å². The van der Waals surface area contributed by atoms with Crippen LogP contribution in [0.25, 0.3) is 16.9 Å². The van der Waals surface area contributed by atoms with Crippen LogP contribution in [0.3, 0.4) is 0 Å². The van der Waals surface area contributed by atoms with E-state index >= 15 is 0 Å². The molecular formula is C17H16N2O. The smallest absolute Gasteiger partial charge is 0.124 e. The molecule has 20 heavy (non-hydrogen) atoms. The van der Waals surface area contributed by atoms with Crippen molar-refractivity contribution in [2.45, 2.75) is 13.3 Å². The summed E-state index contributed by atoms with van der Waals surface area (Å²) in [7, 11) is 0. The lowest BCUT2D eigenvalue weighted by Crippen LogP contribution is -1.99. The Labute approximate surface area is 118 Å². The molecule has 0 atom stereocenters. The van der Waals surface area contributed by atoms with Crippen LogP contribution >= 0.6 is 0 Å². The number of nitrogens with zero attached hydrogens (tertiary/aromatic N) is 2. The van der Waals surface area contributed by atoms with E-state index in [4.69, 9.17) is 0 Å². The lowest BCUT2D eigenvalue weighted by atomic mass is 10.1. The first-order chi connectivity index (χ1) is 9.79. The summed E-state index contributed by atoms with van der Waals surface area (Å²) in [4.78, 5) is 0. The molecule has 0 spiro atoms. The van der Waals surface area contributed by atoms with E-state index in [9.17, 15) is 5.11 Å². The molecule has 0 fully saturated rings. The maximum Gasteiger partial charge on any atom is 0.124 e. The number of hydrogen-bond acceptors (Lipinski definition) is 2. The van der Waals surface area contributed by atoms with Crippen molar-refractivity contribution in [1.29, 1.82) is 0 Å². The summed E-state index contributed by atoms with van der Waals surface area (Å²) in [5, 5.41) is 14.5. The van der Waals surface area contributed by atoms with E-state index in [1.54, 1.807) is 12.3 Å². The number of phenolic OH excluding ortho intramolecular Hbond substituents is 1. The van der Waals surface area contributed by atoms with Gasteiger partial charge in [0, 0.05) is 5.56 Å². The van der Waals surface area contributed by atoms with Crippen molar-refractivity contribution in [2.75, 3.05) is 0 Å². The minimum atomic E-state index is 0.278. The molecule has 3 rings (SSSR count). The van der Waals surface area contributed by atoms with Crippen LogP contribution in [-0.4, -0.2) is 14.9 Å². The Bertz CT molecular complexity index is 717. The fourth-order valence-electron chi connectivity index (χ4n) is 2.29. The number of rotatable bonds is 3. The standard InChI is InChI=1S/C17H16N2O/c1-2-13-8-9-17(20)15(12-13)16-10-11-18-19(16)14-6-4-3-5-7-14/h3-12,20H,2H2,1H3. The highest BCUT2D eigenvalue weighted by molar-refractivity contribution is 5.69. The van der Waals surface area contributed by atoms with Crippen LogP contribution in [0.15, 0.2) is 60.8 Å². The number of hydrogen-bond donors (Lipinski definition) is 1. The van der Waals surface area contributed by atoms with Crippen molar-refractivity contribution < 1.29 is 5.11 Å². The van der Waals surface area contributed by atoms with Gasteiger partial charge in [0.25, 0.3) is 0 Å². The molecule has 0 amide bonds. The number of phenols is 1. The molecular weight excluding hydrogens is 248 g/mol. The summed E-state index contributed by atoms with van der Waals surface area (Å²) in [5.41, 5.74) is 3.88. The van der Waals surface area contributed by atoms with Gasteiger partial charge in [-0.05, 0) is 42.3 Å². The monoisotopic (exact) mass is 264 g/mol. The molecule has 3 heteroatoms. The summed E-state index contributed by atoms with van der Waals surface area (Å²) in [6, 6.07) is 17.5. The first-order valence-corrected chi connectivity index (χ1v) is 6.71. The molecule has 0 unspecified atom stereocenters. The maximum absolute atomic E-state index is 10.1. The second-order valence-electron chi connectivity index (χ2n) is 4.67. The number of para-hydroxylation sites is 1. The Morgan fingerprint density at radius 3 is 2.60 bits per heavy atom. The minimum Gasteiger partial charge on any atom is -0.507 e. The molecule has 0 aliphatic rings. The maximum atomic E-state index is 10.1. The van der Waals surface area contributed by atoms with Gasteiger partial charge < -0.3 is 5.11 Å². The molecule has 0 bridgehead atoms. The third-order valence-electron chi connectivity index (χ3n) is 3.39. The molecule has 1 N–H and O–H groups in total. The Kier molecular flexibility index (Phi) is 3.25. The largest absolute Gasteiger partial charge is 0.507 e. The molecule has 1 aromatic heterocycles. The van der Waals surface area contributed by atoms with E-state index in [0.717, 1.165) is 23.4 Å². The lowest BCUT2D eigenvalue weighted by molar-refractivity contribution is 0.476. The van der Waals surface area contributed by atoms with Crippen LogP contribution in [0.2, 0.25) is 0 Å². The van der Waals surface area contributed by atoms with E-state index in [0.29, 0.717) is 0 Å². The third-order valence-corrected chi connectivity index (χ3v) is 3.39. The Morgan fingerprint density at radius 1 is 1.05 bits per heavy atom. The Balaban J connectivity index is 2.15. The zero-order valence-electron chi connectivity index (χ0n) is 11.3. The fourth-order valence-corrected chi connectivity index (χ4v) is 2.29. The Morgan fingerprint density at radius 2 is 1.85 bits per heavy atom. The molecule has 0 radical (unpaired) electrons. The summed E-state index contributed by atoms with van der Waals surface area (Å²) in [6.45, 7) is 2.10. The first-order valence-electron chi connectivity index (χ1n) is 6.71. The van der Waals surface area contributed by atoms with E-state index in [2.05, 4.69) is 12.0 Å². The predicted molar refractivity (Wildman–Crippen MR) is 80.0 cm³/mol. The number of aromatic hydroxyl groups is 1. The van der Waals surface area contributed by atoms with Gasteiger partial charge in [0.1, 0.15) is 5.75 Å². The highest BCUT2D eigenvalue weighted by Crippen LogP contribution is 2.31. The van der Waals surface area contributed by atoms with E-state index in [1.165, 1.54) is 5.56 Å². The predicted octanol–water partition coefficient (Wildman–Crippen LogP) is 3.81. The van der Waals surface area contributed by atoms with Crippen molar-refractivity contribution >= 4 is 0 Å². The first kappa shape index (κ1) is 12.5. The highest BCUT2D eigenvalue weighted by Gasteiger charge is 2.11. The summed E-state index contributed by atoms with van der Waals surface area (Å²) >= 11 is 0. The molecule has 2 aromatic carbocycles. The van der Waals surface area contributed by atoms with Gasteiger partial charge in [-0.25, -0.2) is 4.68 Å². The van der Waals surface area contributed by atoms with Gasteiger partial charge in [0.15, 0.2) is 0 Å². The van der Waals surface area contributed by atoms with Gasteiger partial charge in [0.05, 0.1) is 17.6 Å². The normalized spacial score (nSPS) is 10.7. The van der Waals surface area contributed by atoms with E-state index < -0.39 is 0 Å². The van der Waals surface area contributed by atoms with Crippen LogP contribution in [0.4, 0.5) is 0 Å². The van der Waals surface area contributed by atoms with Gasteiger partial charge >= 0.3 is 0 Å². The fraction of sp³-hybridized carbons (Fsp3) is 0.118. The number of aromatic nitrogens is 2. The SMILES string of the molecule is CCc1ccc(O)c(-c2ccnn2-c2ccccc2)c1. The topological polar surface area (TPSA) is 38.1 Å². The van der Waals surface area contributed by atoms with Crippen LogP contribution in [0, 0.1) is 0 Å². The molecule has 0 aliphatic heterocycles. The number of aryl methyl sites for hydroxylation is 1. The Hall–Kier alpha value is -2.55. The van der Waals surface area contributed by atoms with E-state index in [1.807, 2.05) is 53.2 Å². The molecule has 3 aromatic rings. The highest BCUT2D eigenvalue weighted by atomic mass is 16.3. The average Bonchev–Trinajstić information content (AvgIpc) is 2.98. The average molecular weight is 264 g/mol. The quantitative estimate of drug-likeness (QED) is 0.781. The lowest BCUT2D eigenvalue weighted by Gasteiger charge is -2.10. The summed E-state index contributed by atoms with van der Waals surface area (Å²) < 4.78 is 1.84. The van der Waals surface area contributed by atoms with E-state index in [-0.39, 0.29) is 5.75 Å². The van der Waals surface area contributed by atoms with Crippen molar-refractivity contribution in [1.82, 2.24) is 9.78 Å². The summed E-state index contributed by atoms with van der Waals surface area (Å²) in [6.07, 6.45) is 2.69. The minimum absolute atomic E-state index is 0.278. The second-order valence-corrected chi connectivity index (χ2v) is 4.67. The third kappa shape index (κ3) is 2.18. The van der Waals surface area contributed by atoms with Crippen LogP contribution in [0.1, 0.15) is 12.5 Å². The molecule has 3 nitrogen and oxygen atoms in total. The van der Waals surface area contributed by atoms with Gasteiger partial charge in [-0.3, -0.25) is 0 Å². The van der Waals surface area contributed by atoms with Crippen molar-refractivity contribution in [3.05, 3.63) is 66.4 Å². The molecule has 1 heterocycles. The second kappa shape index (κ2) is 5.21. The van der Waals surface area contributed by atoms with Gasteiger partial charge in [-0.2, -0.15) is 5.10 Å². The zero-order valence-corrected chi connectivity index (χ0v) is 11.3. The van der Waals surface area contributed by atoms with Crippen molar-refractivity contribution in [2.24, 2.45) is 0 Å². The molecule has 0 aliphatic carbocycles. The van der Waals surface area contributed by atoms with Gasteiger partial charge in [0.2, 0.25) is 0 Å². The van der Waals surface area contributed by atoms with Crippen molar-refractivity contribution in [3.8, 4) is 22.7 Å². The molecule has 0 saturated heterocycles. The zero-order chi connectivity index (χ0) is 13.9. The number of benzene rings is 2. The molecule has 100 valence electrons. The molecule has 0 saturated carbocycles. The van der Waals surface area contributed by atoms with Gasteiger partial charge in [-0.1, -0.05) is 31.2 Å². The van der Waals surface area contributed by atoms with Gasteiger partial charge in [-0.15, -0.1) is 0 Å². The van der Waals surface area contributed by atoms with Crippen molar-refractivity contribution in [3.63, 3.8) is 0 Å². The summed E-state index contributed by atoms with van der Waals surface area (Å²) in [5.74, 6) is 0.278.